The van der Waals surface area contributed by atoms with E-state index < -0.39 is 0 Å². The lowest BCUT2D eigenvalue weighted by molar-refractivity contribution is -0.118. The Morgan fingerprint density at radius 1 is 1.33 bits per heavy atom. The molecule has 1 amide bonds. The van der Waals surface area contributed by atoms with Gasteiger partial charge in [0.05, 0.1) is 6.04 Å². The Labute approximate surface area is 116 Å². The first-order valence-electron chi connectivity index (χ1n) is 6.49. The summed E-state index contributed by atoms with van der Waals surface area (Å²) < 4.78 is 1.09. The number of hydrogen-bond donors (Lipinski definition) is 1. The van der Waals surface area contributed by atoms with E-state index >= 15 is 0 Å². The summed E-state index contributed by atoms with van der Waals surface area (Å²) in [6.07, 6.45) is 3.37. The molecular weight excluding hydrogens is 292 g/mol. The van der Waals surface area contributed by atoms with Crippen molar-refractivity contribution in [2.45, 2.75) is 38.3 Å². The van der Waals surface area contributed by atoms with Crippen LogP contribution in [0.3, 0.4) is 0 Å². The summed E-state index contributed by atoms with van der Waals surface area (Å²) in [4.78, 5) is 14.2. The maximum atomic E-state index is 12.3. The number of anilines is 1. The number of benzene rings is 1. The Morgan fingerprint density at radius 2 is 2.11 bits per heavy atom. The van der Waals surface area contributed by atoms with Crippen LogP contribution in [0.1, 0.15) is 24.8 Å². The lowest BCUT2D eigenvalue weighted by atomic mass is 10.2. The molecule has 1 saturated carbocycles. The fourth-order valence-corrected chi connectivity index (χ4v) is 2.67. The van der Waals surface area contributed by atoms with Gasteiger partial charge in [0.1, 0.15) is 0 Å². The van der Waals surface area contributed by atoms with Crippen LogP contribution < -0.4 is 10.2 Å². The zero-order valence-corrected chi connectivity index (χ0v) is 12.0. The average Bonchev–Trinajstić information content (AvgIpc) is 3.09. The molecule has 0 aromatic heterocycles. The predicted octanol–water partition coefficient (Wildman–Crippen LogP) is 2.61. The number of rotatable bonds is 3. The van der Waals surface area contributed by atoms with Crippen molar-refractivity contribution in [1.82, 2.24) is 5.32 Å². The third-order valence-corrected chi connectivity index (χ3v) is 4.56. The average molecular weight is 309 g/mol. The van der Waals surface area contributed by atoms with Crippen molar-refractivity contribution in [2.24, 2.45) is 0 Å². The van der Waals surface area contributed by atoms with Crippen molar-refractivity contribution in [3.05, 3.63) is 28.2 Å². The fraction of sp³-hybridized carbons (Fsp3) is 0.500. The molecule has 3 nitrogen and oxygen atoms in total. The highest BCUT2D eigenvalue weighted by molar-refractivity contribution is 9.10. The van der Waals surface area contributed by atoms with Gasteiger partial charge in [-0.25, -0.2) is 0 Å². The topological polar surface area (TPSA) is 32.3 Å². The molecule has 2 fully saturated rings. The van der Waals surface area contributed by atoms with E-state index in [1.807, 2.05) is 24.0 Å². The van der Waals surface area contributed by atoms with Gasteiger partial charge in [0.15, 0.2) is 0 Å². The molecule has 0 spiro atoms. The molecule has 1 aromatic rings. The van der Waals surface area contributed by atoms with Gasteiger partial charge in [0.25, 0.3) is 0 Å². The van der Waals surface area contributed by atoms with Crippen molar-refractivity contribution in [1.29, 1.82) is 0 Å². The van der Waals surface area contributed by atoms with Crippen LogP contribution in [0, 0.1) is 6.92 Å². The number of carbonyl (C=O) groups is 1. The van der Waals surface area contributed by atoms with Crippen LogP contribution in [-0.4, -0.2) is 24.5 Å². The monoisotopic (exact) mass is 308 g/mol. The van der Waals surface area contributed by atoms with Gasteiger partial charge in [-0.15, -0.1) is 0 Å². The van der Waals surface area contributed by atoms with Gasteiger partial charge in [0, 0.05) is 22.7 Å². The van der Waals surface area contributed by atoms with Crippen LogP contribution in [0.15, 0.2) is 22.7 Å². The van der Waals surface area contributed by atoms with Gasteiger partial charge in [-0.1, -0.05) is 15.9 Å². The van der Waals surface area contributed by atoms with E-state index in [-0.39, 0.29) is 11.9 Å². The Balaban J connectivity index is 1.76. The SMILES string of the molecule is Cc1cc(N2CCC(NC3CC3)C2=O)ccc1Br. The first kappa shape index (κ1) is 12.2. The van der Waals surface area contributed by atoms with Crippen molar-refractivity contribution in [3.63, 3.8) is 0 Å². The molecule has 1 aromatic carbocycles. The molecule has 2 aliphatic rings. The molecule has 4 heteroatoms. The minimum atomic E-state index is 0.0291. The van der Waals surface area contributed by atoms with E-state index in [0.717, 1.165) is 23.1 Å². The molecule has 1 aliphatic heterocycles. The minimum Gasteiger partial charge on any atom is -0.311 e. The molecule has 0 bridgehead atoms. The highest BCUT2D eigenvalue weighted by atomic mass is 79.9. The summed E-state index contributed by atoms with van der Waals surface area (Å²) >= 11 is 3.49. The van der Waals surface area contributed by atoms with Crippen LogP contribution in [0.25, 0.3) is 0 Å². The summed E-state index contributed by atoms with van der Waals surface area (Å²) in [5, 5.41) is 3.43. The normalized spacial score (nSPS) is 23.8. The summed E-state index contributed by atoms with van der Waals surface area (Å²) in [7, 11) is 0. The molecule has 1 heterocycles. The van der Waals surface area contributed by atoms with Crippen molar-refractivity contribution in [3.8, 4) is 0 Å². The van der Waals surface area contributed by atoms with E-state index in [9.17, 15) is 4.79 Å². The van der Waals surface area contributed by atoms with Gasteiger partial charge in [0.2, 0.25) is 5.91 Å². The second-order valence-corrected chi connectivity index (χ2v) is 6.06. The molecule has 1 N–H and O–H groups in total. The smallest absolute Gasteiger partial charge is 0.244 e. The molecule has 1 unspecified atom stereocenters. The predicted molar refractivity (Wildman–Crippen MR) is 75.8 cm³/mol. The fourth-order valence-electron chi connectivity index (χ4n) is 2.42. The van der Waals surface area contributed by atoms with E-state index in [2.05, 4.69) is 27.3 Å². The number of carbonyl (C=O) groups excluding carboxylic acids is 1. The quantitative estimate of drug-likeness (QED) is 0.931. The summed E-state index contributed by atoms with van der Waals surface area (Å²) in [5.74, 6) is 0.226. The molecule has 18 heavy (non-hydrogen) atoms. The number of aryl methyl sites for hydroxylation is 1. The summed E-state index contributed by atoms with van der Waals surface area (Å²) in [5.41, 5.74) is 2.18. The van der Waals surface area contributed by atoms with Gasteiger partial charge in [-0.2, -0.15) is 0 Å². The minimum absolute atomic E-state index is 0.0291. The second-order valence-electron chi connectivity index (χ2n) is 5.21. The molecular formula is C14H17BrN2O. The molecule has 0 radical (unpaired) electrons. The van der Waals surface area contributed by atoms with Crippen molar-refractivity contribution in [2.75, 3.05) is 11.4 Å². The number of nitrogens with one attached hydrogen (secondary N) is 1. The summed E-state index contributed by atoms with van der Waals surface area (Å²) in [6, 6.07) is 6.71. The van der Waals surface area contributed by atoms with E-state index in [1.165, 1.54) is 18.4 Å². The number of nitrogens with zero attached hydrogens (tertiary/aromatic N) is 1. The van der Waals surface area contributed by atoms with Crippen LogP contribution in [0.4, 0.5) is 5.69 Å². The third-order valence-electron chi connectivity index (χ3n) is 3.67. The lowest BCUT2D eigenvalue weighted by Gasteiger charge is -2.18. The Kier molecular flexibility index (Phi) is 3.16. The Morgan fingerprint density at radius 3 is 2.78 bits per heavy atom. The third kappa shape index (κ3) is 2.31. The standard InChI is InChI=1S/C14H17BrN2O/c1-9-8-11(4-5-12(9)15)17-7-6-13(14(17)18)16-10-2-3-10/h4-5,8,10,13,16H,2-3,6-7H2,1H3. The molecule has 3 rings (SSSR count). The van der Waals surface area contributed by atoms with Gasteiger partial charge in [-0.3, -0.25) is 4.79 Å². The summed E-state index contributed by atoms with van der Waals surface area (Å²) in [6.45, 7) is 2.87. The maximum absolute atomic E-state index is 12.3. The number of halogens is 1. The zero-order chi connectivity index (χ0) is 12.7. The van der Waals surface area contributed by atoms with E-state index in [1.54, 1.807) is 0 Å². The molecule has 96 valence electrons. The Hall–Kier alpha value is -0.870. The zero-order valence-electron chi connectivity index (χ0n) is 10.4. The van der Waals surface area contributed by atoms with E-state index in [0.29, 0.717) is 6.04 Å². The van der Waals surface area contributed by atoms with Crippen molar-refractivity contribution >= 4 is 27.5 Å². The highest BCUT2D eigenvalue weighted by Gasteiger charge is 2.36. The first-order valence-corrected chi connectivity index (χ1v) is 7.28. The van der Waals surface area contributed by atoms with Gasteiger partial charge in [-0.05, 0) is 49.9 Å². The van der Waals surface area contributed by atoms with Crippen LogP contribution >= 0.6 is 15.9 Å². The maximum Gasteiger partial charge on any atom is 0.244 e. The largest absolute Gasteiger partial charge is 0.311 e. The molecule has 1 atom stereocenters. The second kappa shape index (κ2) is 4.67. The van der Waals surface area contributed by atoms with Gasteiger partial charge >= 0.3 is 0 Å². The van der Waals surface area contributed by atoms with Gasteiger partial charge < -0.3 is 10.2 Å². The number of amides is 1. The number of hydrogen-bond acceptors (Lipinski definition) is 2. The first-order chi connectivity index (χ1) is 8.65. The van der Waals surface area contributed by atoms with Crippen LogP contribution in [0.2, 0.25) is 0 Å². The van der Waals surface area contributed by atoms with Crippen molar-refractivity contribution < 1.29 is 4.79 Å². The Bertz CT molecular complexity index is 485. The molecule has 1 saturated heterocycles. The highest BCUT2D eigenvalue weighted by Crippen LogP contribution is 2.28. The van der Waals surface area contributed by atoms with E-state index in [4.69, 9.17) is 0 Å². The molecule has 1 aliphatic carbocycles. The van der Waals surface area contributed by atoms with Crippen LogP contribution in [-0.2, 0) is 4.79 Å². The lowest BCUT2D eigenvalue weighted by Crippen LogP contribution is -2.39. The van der Waals surface area contributed by atoms with Crippen LogP contribution in [0.5, 0.6) is 0 Å².